The number of hydrogen-bond acceptors (Lipinski definition) is 5. The van der Waals surface area contributed by atoms with Crippen molar-refractivity contribution in [3.63, 3.8) is 0 Å². The van der Waals surface area contributed by atoms with E-state index in [0.717, 1.165) is 19.3 Å². The number of piperazine rings is 1. The van der Waals surface area contributed by atoms with Crippen LogP contribution < -0.4 is 10.6 Å². The van der Waals surface area contributed by atoms with Crippen LogP contribution in [0.5, 0.6) is 0 Å². The van der Waals surface area contributed by atoms with Crippen LogP contribution in [0.3, 0.4) is 0 Å². The first kappa shape index (κ1) is 24.0. The second-order valence-electron chi connectivity index (χ2n) is 6.12. The number of sulfone groups is 1. The van der Waals surface area contributed by atoms with Crippen molar-refractivity contribution in [1.82, 2.24) is 4.90 Å². The lowest BCUT2D eigenvalue weighted by Gasteiger charge is -2.37. The van der Waals surface area contributed by atoms with E-state index in [-0.39, 0.29) is 42.9 Å². The molecule has 0 bridgehead atoms. The molecule has 9 heteroatoms. The third kappa shape index (κ3) is 7.01. The Balaban J connectivity index is 0.00000288. The predicted molar refractivity (Wildman–Crippen MR) is 107 cm³/mol. The minimum Gasteiger partial charge on any atom is -0.368 e. The molecule has 0 aliphatic carbocycles. The highest BCUT2D eigenvalue weighted by molar-refractivity contribution is 7.90. The fraction of sp³-hybridized carbons (Fsp3) is 0.562. The first-order valence-electron chi connectivity index (χ1n) is 7.80. The third-order valence-electron chi connectivity index (χ3n) is 4.16. The number of benzene rings is 1. The summed E-state index contributed by atoms with van der Waals surface area (Å²) < 4.78 is 22.4. The molecule has 1 aliphatic rings. The van der Waals surface area contributed by atoms with Gasteiger partial charge >= 0.3 is 0 Å². The number of carbonyl (C=O) groups excluding carboxylic acids is 1. The molecule has 25 heavy (non-hydrogen) atoms. The molecule has 1 aromatic carbocycles. The van der Waals surface area contributed by atoms with Gasteiger partial charge in [0.1, 0.15) is 9.84 Å². The largest absolute Gasteiger partial charge is 0.368 e. The average Bonchev–Trinajstić information content (AvgIpc) is 2.52. The number of rotatable bonds is 5. The van der Waals surface area contributed by atoms with Gasteiger partial charge in [-0.3, -0.25) is 4.79 Å². The van der Waals surface area contributed by atoms with E-state index < -0.39 is 15.9 Å². The molecule has 2 rings (SSSR count). The van der Waals surface area contributed by atoms with Crippen molar-refractivity contribution in [1.29, 1.82) is 0 Å². The van der Waals surface area contributed by atoms with E-state index in [1.165, 1.54) is 11.3 Å². The Morgan fingerprint density at radius 3 is 2.24 bits per heavy atom. The monoisotopic (exact) mass is 411 g/mol. The number of anilines is 1. The minimum absolute atomic E-state index is 0. The Bertz CT molecular complexity index is 662. The molecule has 1 unspecified atom stereocenters. The highest BCUT2D eigenvalue weighted by Crippen LogP contribution is 2.21. The average molecular weight is 412 g/mol. The Morgan fingerprint density at radius 2 is 1.72 bits per heavy atom. The maximum Gasteiger partial charge on any atom is 0.239 e. The predicted octanol–water partition coefficient (Wildman–Crippen LogP) is 1.25. The lowest BCUT2D eigenvalue weighted by molar-refractivity contribution is -0.132. The van der Waals surface area contributed by atoms with Crippen molar-refractivity contribution < 1.29 is 13.2 Å². The Morgan fingerprint density at radius 1 is 1.16 bits per heavy atom. The van der Waals surface area contributed by atoms with E-state index in [2.05, 4.69) is 24.0 Å². The summed E-state index contributed by atoms with van der Waals surface area (Å²) in [7, 11) is -3.09. The highest BCUT2D eigenvalue weighted by atomic mass is 35.5. The minimum atomic E-state index is -3.09. The van der Waals surface area contributed by atoms with Gasteiger partial charge in [0.2, 0.25) is 5.91 Å². The van der Waals surface area contributed by atoms with Gasteiger partial charge < -0.3 is 15.5 Å². The molecule has 144 valence electrons. The quantitative estimate of drug-likeness (QED) is 0.787. The molecule has 1 saturated heterocycles. The molecule has 1 aromatic rings. The van der Waals surface area contributed by atoms with Crippen molar-refractivity contribution in [2.75, 3.05) is 43.1 Å². The van der Waals surface area contributed by atoms with Crippen LogP contribution in [0, 0.1) is 6.92 Å². The van der Waals surface area contributed by atoms with E-state index >= 15 is 0 Å². The number of nitrogens with zero attached hydrogens (tertiary/aromatic N) is 2. The zero-order valence-electron chi connectivity index (χ0n) is 14.6. The van der Waals surface area contributed by atoms with E-state index in [1.807, 2.05) is 12.1 Å². The summed E-state index contributed by atoms with van der Waals surface area (Å²) in [6.45, 7) is 4.82. The molecule has 1 heterocycles. The Kier molecular flexibility index (Phi) is 9.79. The number of nitrogens with two attached hydrogens (primary N) is 1. The summed E-state index contributed by atoms with van der Waals surface area (Å²) in [5, 5.41) is 0. The molecule has 0 saturated carbocycles. The van der Waals surface area contributed by atoms with Crippen LogP contribution in [-0.2, 0) is 14.6 Å². The van der Waals surface area contributed by atoms with E-state index in [1.54, 1.807) is 4.90 Å². The zero-order valence-corrected chi connectivity index (χ0v) is 17.0. The number of amides is 1. The lowest BCUT2D eigenvalue weighted by Crippen LogP contribution is -2.53. The molecular weight excluding hydrogens is 385 g/mol. The molecule has 6 nitrogen and oxygen atoms in total. The Hall–Kier alpha value is -1.02. The van der Waals surface area contributed by atoms with Crippen LogP contribution in [0.25, 0.3) is 0 Å². The molecular formula is C16H27Cl2N3O3S. The molecule has 1 fully saturated rings. The molecule has 0 spiro atoms. The number of para-hydroxylation sites is 1. The van der Waals surface area contributed by atoms with Crippen molar-refractivity contribution >= 4 is 46.2 Å². The number of carbonyl (C=O) groups is 1. The van der Waals surface area contributed by atoms with Crippen LogP contribution >= 0.6 is 24.8 Å². The second kappa shape index (κ2) is 10.2. The summed E-state index contributed by atoms with van der Waals surface area (Å²) in [6, 6.07) is 7.45. The number of halogens is 2. The SMILES string of the molecule is Cc1ccccc1N1CCN(C(=O)C(N)CCS(C)(=O)=O)CC1.Cl.Cl. The fourth-order valence-electron chi connectivity index (χ4n) is 2.78. The summed E-state index contributed by atoms with van der Waals surface area (Å²) in [5.74, 6) is -0.207. The lowest BCUT2D eigenvalue weighted by atomic mass is 10.1. The highest BCUT2D eigenvalue weighted by Gasteiger charge is 2.26. The van der Waals surface area contributed by atoms with Crippen LogP contribution in [0.1, 0.15) is 12.0 Å². The van der Waals surface area contributed by atoms with Gasteiger partial charge in [-0.25, -0.2) is 8.42 Å². The third-order valence-corrected chi connectivity index (χ3v) is 5.14. The molecule has 2 N–H and O–H groups in total. The molecule has 1 amide bonds. The van der Waals surface area contributed by atoms with Crippen molar-refractivity contribution in [2.24, 2.45) is 5.73 Å². The Labute approximate surface area is 162 Å². The zero-order chi connectivity index (χ0) is 17.0. The van der Waals surface area contributed by atoms with Crippen molar-refractivity contribution in [2.45, 2.75) is 19.4 Å². The summed E-state index contributed by atoms with van der Waals surface area (Å²) in [6.07, 6.45) is 1.33. The number of hydrogen-bond donors (Lipinski definition) is 1. The van der Waals surface area contributed by atoms with Crippen LogP contribution in [-0.4, -0.2) is 63.5 Å². The van der Waals surface area contributed by atoms with E-state index in [0.29, 0.717) is 13.1 Å². The maximum absolute atomic E-state index is 12.3. The summed E-state index contributed by atoms with van der Waals surface area (Å²) in [4.78, 5) is 16.3. The molecule has 1 atom stereocenters. The fourth-order valence-corrected chi connectivity index (χ4v) is 3.47. The summed E-state index contributed by atoms with van der Waals surface area (Å²) in [5.41, 5.74) is 8.27. The molecule has 0 radical (unpaired) electrons. The van der Waals surface area contributed by atoms with Crippen LogP contribution in [0.15, 0.2) is 24.3 Å². The van der Waals surface area contributed by atoms with Crippen molar-refractivity contribution in [3.8, 4) is 0 Å². The van der Waals surface area contributed by atoms with E-state index in [9.17, 15) is 13.2 Å². The molecule has 0 aromatic heterocycles. The standard InChI is InChI=1S/C16H25N3O3S.2ClH/c1-13-5-3-4-6-15(13)18-8-10-19(11-9-18)16(20)14(17)7-12-23(2,21)22;;/h3-6,14H,7-12,17H2,1-2H3;2*1H. The first-order chi connectivity index (χ1) is 10.8. The smallest absolute Gasteiger partial charge is 0.239 e. The van der Waals surface area contributed by atoms with Crippen molar-refractivity contribution in [3.05, 3.63) is 29.8 Å². The van der Waals surface area contributed by atoms with Gasteiger partial charge in [0.15, 0.2) is 0 Å². The first-order valence-corrected chi connectivity index (χ1v) is 9.86. The maximum atomic E-state index is 12.3. The van der Waals surface area contributed by atoms with Gasteiger partial charge in [0.05, 0.1) is 11.8 Å². The van der Waals surface area contributed by atoms with Gasteiger partial charge in [0.25, 0.3) is 0 Å². The summed E-state index contributed by atoms with van der Waals surface area (Å²) >= 11 is 0. The second-order valence-corrected chi connectivity index (χ2v) is 8.38. The van der Waals surface area contributed by atoms with Gasteiger partial charge in [-0.1, -0.05) is 18.2 Å². The molecule has 1 aliphatic heterocycles. The van der Waals surface area contributed by atoms with Crippen LogP contribution in [0.2, 0.25) is 0 Å². The number of aryl methyl sites for hydroxylation is 1. The van der Waals surface area contributed by atoms with Crippen LogP contribution in [0.4, 0.5) is 5.69 Å². The van der Waals surface area contributed by atoms with Gasteiger partial charge in [-0.15, -0.1) is 24.8 Å². The van der Waals surface area contributed by atoms with Gasteiger partial charge in [-0.2, -0.15) is 0 Å². The topological polar surface area (TPSA) is 83.7 Å². The van der Waals surface area contributed by atoms with Gasteiger partial charge in [0, 0.05) is 38.1 Å². The van der Waals surface area contributed by atoms with Gasteiger partial charge in [-0.05, 0) is 25.0 Å². The normalized spacial score (nSPS) is 15.8. The van der Waals surface area contributed by atoms with E-state index in [4.69, 9.17) is 5.73 Å².